The molecule has 10 nitrogen and oxygen atoms in total. The number of hydrogen-bond donors (Lipinski definition) is 3. The third-order valence-electron chi connectivity index (χ3n) is 5.91. The van der Waals surface area contributed by atoms with Crippen LogP contribution in [0.4, 0.5) is 5.69 Å². The molecule has 0 saturated heterocycles. The topological polar surface area (TPSA) is 140 Å². The molecule has 0 spiro atoms. The molecule has 0 bridgehead atoms. The SMILES string of the molecule is Cc1ccc(C)c(-n2nc(C(=O)O)c(C)c2Oc2ccc(NC(=O)C3CC3)cc2S(=O)(=O)NC(C)C)c1. The van der Waals surface area contributed by atoms with E-state index in [4.69, 9.17) is 4.74 Å². The maximum atomic E-state index is 13.3. The summed E-state index contributed by atoms with van der Waals surface area (Å²) in [6.45, 7) is 8.69. The first-order chi connectivity index (χ1) is 17.4. The highest BCUT2D eigenvalue weighted by Crippen LogP contribution is 2.37. The number of nitrogens with zero attached hydrogens (tertiary/aromatic N) is 2. The van der Waals surface area contributed by atoms with Gasteiger partial charge in [-0.3, -0.25) is 4.79 Å². The van der Waals surface area contributed by atoms with E-state index in [0.29, 0.717) is 11.4 Å². The van der Waals surface area contributed by atoms with Crippen LogP contribution in [0.2, 0.25) is 0 Å². The van der Waals surface area contributed by atoms with Crippen LogP contribution in [0.5, 0.6) is 11.6 Å². The Bertz CT molecular complexity index is 1490. The minimum Gasteiger partial charge on any atom is -0.476 e. The van der Waals surface area contributed by atoms with E-state index in [2.05, 4.69) is 15.1 Å². The van der Waals surface area contributed by atoms with Gasteiger partial charge in [0.2, 0.25) is 21.8 Å². The fourth-order valence-corrected chi connectivity index (χ4v) is 5.27. The quantitative estimate of drug-likeness (QED) is 0.377. The normalized spacial score (nSPS) is 13.6. The number of aromatic carboxylic acids is 1. The molecule has 1 aromatic heterocycles. The summed E-state index contributed by atoms with van der Waals surface area (Å²) >= 11 is 0. The van der Waals surface area contributed by atoms with Crippen molar-refractivity contribution in [1.29, 1.82) is 0 Å². The zero-order chi connectivity index (χ0) is 27.1. The van der Waals surface area contributed by atoms with Crippen LogP contribution in [0, 0.1) is 26.7 Å². The number of hydrogen-bond acceptors (Lipinski definition) is 6. The Labute approximate surface area is 215 Å². The van der Waals surface area contributed by atoms with Crippen molar-refractivity contribution in [2.45, 2.75) is 58.4 Å². The molecule has 1 fully saturated rings. The number of carboxylic acid groups (broad SMARTS) is 1. The van der Waals surface area contributed by atoms with E-state index in [-0.39, 0.29) is 39.6 Å². The molecule has 4 rings (SSSR count). The minimum atomic E-state index is -4.06. The van der Waals surface area contributed by atoms with Crippen molar-refractivity contribution in [3.05, 3.63) is 58.8 Å². The van der Waals surface area contributed by atoms with E-state index in [9.17, 15) is 23.1 Å². The number of aryl methyl sites for hydroxylation is 2. The molecule has 0 radical (unpaired) electrons. The average Bonchev–Trinajstić information content (AvgIpc) is 3.61. The summed E-state index contributed by atoms with van der Waals surface area (Å²) in [5.74, 6) is -1.43. The number of carbonyl (C=O) groups excluding carboxylic acids is 1. The monoisotopic (exact) mass is 526 g/mol. The zero-order valence-electron chi connectivity index (χ0n) is 21.3. The Morgan fingerprint density at radius 2 is 1.81 bits per heavy atom. The summed E-state index contributed by atoms with van der Waals surface area (Å²) in [5.41, 5.74) is 2.69. The van der Waals surface area contributed by atoms with Gasteiger partial charge in [-0.15, -0.1) is 0 Å². The standard InChI is InChI=1S/C26H30N4O6S/c1-14(2)29-37(34,35)22-13-19(27-24(31)18-8-9-18)10-11-21(22)36-25-17(5)23(26(32)33)28-30(25)20-12-15(3)6-7-16(20)4/h6-7,10-14,18,29H,8-9H2,1-5H3,(H,27,31)(H,32,33). The van der Waals surface area contributed by atoms with Crippen molar-refractivity contribution in [2.75, 3.05) is 5.32 Å². The first-order valence-corrected chi connectivity index (χ1v) is 13.4. The lowest BCUT2D eigenvalue weighted by molar-refractivity contribution is -0.117. The Morgan fingerprint density at radius 3 is 2.43 bits per heavy atom. The molecule has 1 saturated carbocycles. The Balaban J connectivity index is 1.85. The van der Waals surface area contributed by atoms with E-state index in [1.54, 1.807) is 26.8 Å². The van der Waals surface area contributed by atoms with Gasteiger partial charge in [0.05, 0.1) is 5.69 Å². The molecule has 2 aromatic carbocycles. The number of carboxylic acids is 1. The number of benzene rings is 2. The van der Waals surface area contributed by atoms with Crippen molar-refractivity contribution in [3.63, 3.8) is 0 Å². The summed E-state index contributed by atoms with van der Waals surface area (Å²) in [6, 6.07) is 9.58. The summed E-state index contributed by atoms with van der Waals surface area (Å²) in [7, 11) is -4.06. The van der Waals surface area contributed by atoms with E-state index < -0.39 is 22.0 Å². The number of aromatic nitrogens is 2. The molecule has 1 aliphatic carbocycles. The van der Waals surface area contributed by atoms with E-state index >= 15 is 0 Å². The van der Waals surface area contributed by atoms with Crippen LogP contribution in [0.25, 0.3) is 5.69 Å². The number of rotatable bonds is 9. The molecule has 11 heteroatoms. The van der Waals surface area contributed by atoms with Gasteiger partial charge in [0.1, 0.15) is 10.6 Å². The second kappa shape index (κ2) is 9.98. The predicted octanol–water partition coefficient (Wildman–Crippen LogP) is 4.32. The van der Waals surface area contributed by atoms with Gasteiger partial charge in [0.15, 0.2) is 5.69 Å². The molecule has 0 aliphatic heterocycles. The smallest absolute Gasteiger partial charge is 0.356 e. The predicted molar refractivity (Wildman–Crippen MR) is 138 cm³/mol. The lowest BCUT2D eigenvalue weighted by Crippen LogP contribution is -2.30. The van der Waals surface area contributed by atoms with Gasteiger partial charge in [-0.2, -0.15) is 9.78 Å². The van der Waals surface area contributed by atoms with Crippen LogP contribution in [-0.4, -0.2) is 41.2 Å². The Kier molecular flexibility index (Phi) is 7.11. The first kappa shape index (κ1) is 26.4. The Hall–Kier alpha value is -3.70. The number of sulfonamides is 1. The fourth-order valence-electron chi connectivity index (χ4n) is 3.86. The van der Waals surface area contributed by atoms with Gasteiger partial charge in [-0.1, -0.05) is 12.1 Å². The number of anilines is 1. The van der Waals surface area contributed by atoms with Gasteiger partial charge in [-0.05, 0) is 82.9 Å². The van der Waals surface area contributed by atoms with E-state index in [1.165, 1.54) is 16.8 Å². The molecular formula is C26H30N4O6S. The highest BCUT2D eigenvalue weighted by molar-refractivity contribution is 7.89. The second-order valence-corrected chi connectivity index (χ2v) is 11.3. The van der Waals surface area contributed by atoms with Gasteiger partial charge in [0.25, 0.3) is 0 Å². The van der Waals surface area contributed by atoms with Crippen molar-refractivity contribution in [3.8, 4) is 17.3 Å². The number of carbonyl (C=O) groups is 2. The third-order valence-corrected chi connectivity index (χ3v) is 7.59. The molecule has 1 heterocycles. The number of nitrogens with one attached hydrogen (secondary N) is 2. The maximum Gasteiger partial charge on any atom is 0.356 e. The molecule has 3 N–H and O–H groups in total. The van der Waals surface area contributed by atoms with Crippen molar-refractivity contribution < 1.29 is 27.9 Å². The minimum absolute atomic E-state index is 0.0379. The van der Waals surface area contributed by atoms with E-state index in [1.807, 2.05) is 32.0 Å². The summed E-state index contributed by atoms with van der Waals surface area (Å²) < 4.78 is 36.6. The average molecular weight is 527 g/mol. The lowest BCUT2D eigenvalue weighted by atomic mass is 10.1. The van der Waals surface area contributed by atoms with E-state index in [0.717, 1.165) is 24.0 Å². The second-order valence-electron chi connectivity index (χ2n) is 9.59. The van der Waals surface area contributed by atoms with Crippen LogP contribution in [0.3, 0.4) is 0 Å². The molecule has 0 atom stereocenters. The van der Waals surface area contributed by atoms with Gasteiger partial charge >= 0.3 is 5.97 Å². The Morgan fingerprint density at radius 1 is 1.11 bits per heavy atom. The third kappa shape index (κ3) is 5.67. The highest BCUT2D eigenvalue weighted by atomic mass is 32.2. The summed E-state index contributed by atoms with van der Waals surface area (Å²) in [5, 5.41) is 16.7. The number of ether oxygens (including phenoxy) is 1. The number of amides is 1. The van der Waals surface area contributed by atoms with Crippen LogP contribution < -0.4 is 14.8 Å². The first-order valence-electron chi connectivity index (χ1n) is 11.9. The summed E-state index contributed by atoms with van der Waals surface area (Å²) in [4.78, 5) is 24.0. The molecular weight excluding hydrogens is 496 g/mol. The largest absolute Gasteiger partial charge is 0.476 e. The fraction of sp³-hybridized carbons (Fsp3) is 0.346. The molecule has 37 heavy (non-hydrogen) atoms. The van der Waals surface area contributed by atoms with Gasteiger partial charge in [-0.25, -0.2) is 17.9 Å². The van der Waals surface area contributed by atoms with Gasteiger partial charge in [0, 0.05) is 23.2 Å². The highest BCUT2D eigenvalue weighted by Gasteiger charge is 2.31. The van der Waals surface area contributed by atoms with Crippen LogP contribution in [0.1, 0.15) is 53.9 Å². The van der Waals surface area contributed by atoms with Crippen molar-refractivity contribution in [2.24, 2.45) is 5.92 Å². The van der Waals surface area contributed by atoms with Crippen LogP contribution in [-0.2, 0) is 14.8 Å². The van der Waals surface area contributed by atoms with Crippen molar-refractivity contribution >= 4 is 27.6 Å². The molecule has 1 aliphatic rings. The molecule has 196 valence electrons. The van der Waals surface area contributed by atoms with Crippen LogP contribution >= 0.6 is 0 Å². The van der Waals surface area contributed by atoms with Crippen molar-refractivity contribution in [1.82, 2.24) is 14.5 Å². The summed E-state index contributed by atoms with van der Waals surface area (Å²) in [6.07, 6.45) is 1.61. The lowest BCUT2D eigenvalue weighted by Gasteiger charge is -2.17. The maximum absolute atomic E-state index is 13.3. The van der Waals surface area contributed by atoms with Crippen LogP contribution in [0.15, 0.2) is 41.3 Å². The zero-order valence-corrected chi connectivity index (χ0v) is 22.1. The molecule has 1 amide bonds. The van der Waals surface area contributed by atoms with Gasteiger partial charge < -0.3 is 15.2 Å². The molecule has 0 unspecified atom stereocenters. The molecule has 3 aromatic rings.